The van der Waals surface area contributed by atoms with Crippen LogP contribution in [-0.2, 0) is 4.79 Å². The van der Waals surface area contributed by atoms with Crippen molar-refractivity contribution in [3.8, 4) is 0 Å². The second-order valence-corrected chi connectivity index (χ2v) is 5.24. The Kier molecular flexibility index (Phi) is 4.80. The molecule has 2 fully saturated rings. The van der Waals surface area contributed by atoms with E-state index in [-0.39, 0.29) is 18.6 Å². The normalized spacial score (nSPS) is 27.1. The van der Waals surface area contributed by atoms with Crippen molar-refractivity contribution in [1.29, 1.82) is 0 Å². The third kappa shape index (κ3) is 3.42. The zero-order chi connectivity index (χ0) is 12.1. The first-order chi connectivity index (χ1) is 8.31. The summed E-state index contributed by atoms with van der Waals surface area (Å²) in [5.74, 6) is 0.257. The van der Waals surface area contributed by atoms with E-state index in [1.54, 1.807) is 0 Å². The number of carbonyl (C=O) groups excluding carboxylic acids is 1. The smallest absolute Gasteiger partial charge is 0.236 e. The van der Waals surface area contributed by atoms with Gasteiger partial charge in [-0.25, -0.2) is 0 Å². The van der Waals surface area contributed by atoms with Gasteiger partial charge in [0.05, 0.1) is 13.2 Å². The van der Waals surface area contributed by atoms with Gasteiger partial charge in [-0.05, 0) is 32.2 Å². The SMILES string of the molecule is O=C(CN1CCCC1CO)N1CCCCCC1. The minimum absolute atomic E-state index is 0.188. The molecule has 0 radical (unpaired) electrons. The van der Waals surface area contributed by atoms with Crippen LogP contribution in [0, 0.1) is 0 Å². The van der Waals surface area contributed by atoms with Gasteiger partial charge in [-0.2, -0.15) is 0 Å². The Hall–Kier alpha value is -0.610. The summed E-state index contributed by atoms with van der Waals surface area (Å²) in [6, 6.07) is 0.214. The van der Waals surface area contributed by atoms with E-state index in [4.69, 9.17) is 0 Å². The number of carbonyl (C=O) groups is 1. The Morgan fingerprint density at radius 1 is 1.06 bits per heavy atom. The van der Waals surface area contributed by atoms with E-state index in [0.29, 0.717) is 6.54 Å². The summed E-state index contributed by atoms with van der Waals surface area (Å²) in [7, 11) is 0. The predicted molar refractivity (Wildman–Crippen MR) is 66.7 cm³/mol. The molecule has 2 aliphatic heterocycles. The van der Waals surface area contributed by atoms with Gasteiger partial charge in [-0.15, -0.1) is 0 Å². The average molecular weight is 240 g/mol. The van der Waals surface area contributed by atoms with Gasteiger partial charge in [0, 0.05) is 19.1 Å². The molecule has 4 nitrogen and oxygen atoms in total. The molecule has 1 atom stereocenters. The number of nitrogens with zero attached hydrogens (tertiary/aromatic N) is 2. The van der Waals surface area contributed by atoms with Crippen molar-refractivity contribution in [2.24, 2.45) is 0 Å². The molecular weight excluding hydrogens is 216 g/mol. The Labute approximate surface area is 104 Å². The molecular formula is C13H24N2O2. The zero-order valence-corrected chi connectivity index (χ0v) is 10.6. The standard InChI is InChI=1S/C13H24N2O2/c16-11-12-6-5-9-15(12)10-13(17)14-7-3-1-2-4-8-14/h12,16H,1-11H2. The maximum atomic E-state index is 12.2. The lowest BCUT2D eigenvalue weighted by atomic mass is 10.2. The van der Waals surface area contributed by atoms with Gasteiger partial charge in [0.2, 0.25) is 5.91 Å². The molecule has 2 rings (SSSR count). The van der Waals surface area contributed by atoms with Gasteiger partial charge in [0.25, 0.3) is 0 Å². The number of rotatable bonds is 3. The van der Waals surface area contributed by atoms with E-state index in [1.807, 2.05) is 4.90 Å². The van der Waals surface area contributed by atoms with Crippen LogP contribution in [0.1, 0.15) is 38.5 Å². The third-order valence-electron chi connectivity index (χ3n) is 4.01. The molecule has 1 amide bonds. The van der Waals surface area contributed by atoms with Crippen LogP contribution < -0.4 is 0 Å². The number of amides is 1. The second-order valence-electron chi connectivity index (χ2n) is 5.24. The van der Waals surface area contributed by atoms with Gasteiger partial charge in [0.15, 0.2) is 0 Å². The van der Waals surface area contributed by atoms with Crippen LogP contribution in [-0.4, -0.2) is 59.6 Å². The van der Waals surface area contributed by atoms with E-state index in [2.05, 4.69) is 4.90 Å². The summed E-state index contributed by atoms with van der Waals surface area (Å²) in [6.07, 6.45) is 6.95. The Morgan fingerprint density at radius 3 is 2.41 bits per heavy atom. The molecule has 0 saturated carbocycles. The molecule has 2 saturated heterocycles. The van der Waals surface area contributed by atoms with Crippen LogP contribution in [0.25, 0.3) is 0 Å². The first kappa shape index (κ1) is 12.8. The molecule has 0 aliphatic carbocycles. The van der Waals surface area contributed by atoms with E-state index in [9.17, 15) is 9.90 Å². The van der Waals surface area contributed by atoms with Crippen molar-refractivity contribution >= 4 is 5.91 Å². The highest BCUT2D eigenvalue weighted by Crippen LogP contribution is 2.17. The molecule has 17 heavy (non-hydrogen) atoms. The summed E-state index contributed by atoms with van der Waals surface area (Å²) in [5, 5.41) is 9.24. The summed E-state index contributed by atoms with van der Waals surface area (Å²) >= 11 is 0. The number of hydrogen-bond donors (Lipinski definition) is 1. The quantitative estimate of drug-likeness (QED) is 0.795. The van der Waals surface area contributed by atoms with Crippen molar-refractivity contribution in [3.63, 3.8) is 0 Å². The van der Waals surface area contributed by atoms with E-state index >= 15 is 0 Å². The Balaban J connectivity index is 1.82. The van der Waals surface area contributed by atoms with Crippen LogP contribution >= 0.6 is 0 Å². The highest BCUT2D eigenvalue weighted by molar-refractivity contribution is 5.78. The van der Waals surface area contributed by atoms with Gasteiger partial charge >= 0.3 is 0 Å². The van der Waals surface area contributed by atoms with Crippen molar-refractivity contribution in [2.45, 2.75) is 44.6 Å². The molecule has 1 unspecified atom stereocenters. The van der Waals surface area contributed by atoms with Gasteiger partial charge in [-0.3, -0.25) is 9.69 Å². The largest absolute Gasteiger partial charge is 0.395 e. The first-order valence-electron chi connectivity index (χ1n) is 6.94. The monoisotopic (exact) mass is 240 g/mol. The molecule has 0 bridgehead atoms. The lowest BCUT2D eigenvalue weighted by molar-refractivity contribution is -0.132. The van der Waals surface area contributed by atoms with Crippen LogP contribution in [0.15, 0.2) is 0 Å². The molecule has 98 valence electrons. The van der Waals surface area contributed by atoms with Crippen LogP contribution in [0.3, 0.4) is 0 Å². The van der Waals surface area contributed by atoms with Crippen LogP contribution in [0.5, 0.6) is 0 Å². The minimum atomic E-state index is 0.188. The summed E-state index contributed by atoms with van der Waals surface area (Å²) in [6.45, 7) is 3.51. The Bertz CT molecular complexity index is 250. The van der Waals surface area contributed by atoms with Crippen LogP contribution in [0.2, 0.25) is 0 Å². The average Bonchev–Trinajstić information content (AvgIpc) is 2.62. The molecule has 1 N–H and O–H groups in total. The highest BCUT2D eigenvalue weighted by Gasteiger charge is 2.27. The molecule has 0 spiro atoms. The molecule has 2 aliphatic rings. The van der Waals surface area contributed by atoms with Gasteiger partial charge < -0.3 is 10.0 Å². The maximum Gasteiger partial charge on any atom is 0.236 e. The number of hydrogen-bond acceptors (Lipinski definition) is 3. The van der Waals surface area contributed by atoms with Crippen LogP contribution in [0.4, 0.5) is 0 Å². The fourth-order valence-electron chi connectivity index (χ4n) is 2.90. The molecule has 0 aromatic carbocycles. The van der Waals surface area contributed by atoms with Crippen molar-refractivity contribution in [2.75, 3.05) is 32.8 Å². The number of likely N-dealkylation sites (tertiary alicyclic amines) is 2. The first-order valence-corrected chi connectivity index (χ1v) is 6.94. The van der Waals surface area contributed by atoms with Crippen molar-refractivity contribution in [3.05, 3.63) is 0 Å². The lowest BCUT2D eigenvalue weighted by Crippen LogP contribution is -2.43. The number of aliphatic hydroxyl groups is 1. The molecule has 2 heterocycles. The lowest BCUT2D eigenvalue weighted by Gasteiger charge is -2.26. The second kappa shape index (κ2) is 6.36. The molecule has 0 aromatic heterocycles. The minimum Gasteiger partial charge on any atom is -0.395 e. The third-order valence-corrected chi connectivity index (χ3v) is 4.01. The summed E-state index contributed by atoms with van der Waals surface area (Å²) in [4.78, 5) is 16.3. The zero-order valence-electron chi connectivity index (χ0n) is 10.6. The topological polar surface area (TPSA) is 43.8 Å². The fraction of sp³-hybridized carbons (Fsp3) is 0.923. The summed E-state index contributed by atoms with van der Waals surface area (Å²) < 4.78 is 0. The van der Waals surface area contributed by atoms with E-state index in [1.165, 1.54) is 12.8 Å². The maximum absolute atomic E-state index is 12.2. The fourth-order valence-corrected chi connectivity index (χ4v) is 2.90. The van der Waals surface area contributed by atoms with Crippen molar-refractivity contribution < 1.29 is 9.90 Å². The number of aliphatic hydroxyl groups excluding tert-OH is 1. The molecule has 0 aromatic rings. The Morgan fingerprint density at radius 2 is 1.76 bits per heavy atom. The van der Waals surface area contributed by atoms with E-state index < -0.39 is 0 Å². The van der Waals surface area contributed by atoms with Crippen molar-refractivity contribution in [1.82, 2.24) is 9.80 Å². The predicted octanol–water partition coefficient (Wildman–Crippen LogP) is 0.846. The molecule has 4 heteroatoms. The van der Waals surface area contributed by atoms with Gasteiger partial charge in [-0.1, -0.05) is 12.8 Å². The summed E-state index contributed by atoms with van der Waals surface area (Å²) in [5.41, 5.74) is 0. The van der Waals surface area contributed by atoms with Gasteiger partial charge in [0.1, 0.15) is 0 Å². The van der Waals surface area contributed by atoms with E-state index in [0.717, 1.165) is 45.3 Å². The highest BCUT2D eigenvalue weighted by atomic mass is 16.3.